The van der Waals surface area contributed by atoms with Crippen molar-refractivity contribution < 1.29 is 52.1 Å². The first-order valence-corrected chi connectivity index (χ1v) is 2.70. The molecule has 8 heavy (non-hydrogen) atoms. The maximum Gasteiger partial charge on any atom is 0.469 e. The minimum Gasteiger partial charge on any atom is -0.303 e. The second-order valence-electron chi connectivity index (χ2n) is 0.673. The van der Waals surface area contributed by atoms with Crippen molar-refractivity contribution in [3.63, 3.8) is 0 Å². The Balaban J connectivity index is -0.000000125. The normalized spacial score (nSPS) is 8.88. The zero-order valence-corrected chi connectivity index (χ0v) is 6.73. The average molecular weight is 230 g/mol. The van der Waals surface area contributed by atoms with E-state index < -0.39 is 7.82 Å². The molecular weight excluding hydrogens is 225 g/mol. The summed E-state index contributed by atoms with van der Waals surface area (Å²) in [5, 5.41) is 0. The molecule has 0 saturated carbocycles. The van der Waals surface area contributed by atoms with E-state index in [2.05, 4.69) is 4.52 Å². The molecule has 0 saturated heterocycles. The van der Waals surface area contributed by atoms with E-state index in [0.29, 0.717) is 0 Å². The van der Waals surface area contributed by atoms with E-state index in [0.717, 1.165) is 7.11 Å². The Labute approximate surface area is 67.4 Å². The van der Waals surface area contributed by atoms with Crippen molar-refractivity contribution in [3.05, 3.63) is 0 Å². The molecule has 7 heteroatoms. The van der Waals surface area contributed by atoms with E-state index in [1.54, 1.807) is 0 Å². The molecule has 0 fully saturated rings. The molecule has 57 valence electrons. The van der Waals surface area contributed by atoms with Crippen LogP contribution in [0.3, 0.4) is 0 Å². The maximum atomic E-state index is 9.47. The molecule has 2 N–H and O–H groups in total. The summed E-state index contributed by atoms with van der Waals surface area (Å²) in [6.45, 7) is 0. The largest absolute Gasteiger partial charge is 0.469 e. The SMILES string of the molecule is COP(=O)(O)O.[Co].[Ni]. The van der Waals surface area contributed by atoms with Crippen molar-refractivity contribution in [2.45, 2.75) is 0 Å². The number of phosphoric ester groups is 1. The van der Waals surface area contributed by atoms with Gasteiger partial charge in [0.2, 0.25) is 0 Å². The van der Waals surface area contributed by atoms with Crippen LogP contribution in [0, 0.1) is 0 Å². The van der Waals surface area contributed by atoms with Gasteiger partial charge in [0.05, 0.1) is 0 Å². The van der Waals surface area contributed by atoms with Crippen LogP contribution in [-0.2, 0) is 42.4 Å². The first-order chi connectivity index (χ1) is 2.56. The Hall–Kier alpha value is 1.11. The van der Waals surface area contributed by atoms with E-state index in [1.807, 2.05) is 0 Å². The van der Waals surface area contributed by atoms with Crippen molar-refractivity contribution >= 4 is 7.82 Å². The van der Waals surface area contributed by atoms with Crippen molar-refractivity contribution in [2.75, 3.05) is 7.11 Å². The summed E-state index contributed by atoms with van der Waals surface area (Å²) in [7, 11) is -3.20. The molecule has 0 bridgehead atoms. The molecule has 0 aromatic heterocycles. The van der Waals surface area contributed by atoms with Crippen LogP contribution in [0.5, 0.6) is 0 Å². The fourth-order valence-electron chi connectivity index (χ4n) is 0. The molecule has 0 aliphatic heterocycles. The van der Waals surface area contributed by atoms with Gasteiger partial charge in [0.25, 0.3) is 0 Å². The van der Waals surface area contributed by atoms with Crippen LogP contribution in [0.4, 0.5) is 0 Å². The molecule has 0 heterocycles. The molecule has 0 aliphatic carbocycles. The van der Waals surface area contributed by atoms with Gasteiger partial charge in [0.15, 0.2) is 0 Å². The van der Waals surface area contributed by atoms with Gasteiger partial charge < -0.3 is 9.79 Å². The van der Waals surface area contributed by atoms with Crippen LogP contribution in [-0.4, -0.2) is 16.9 Å². The van der Waals surface area contributed by atoms with Crippen LogP contribution in [0.25, 0.3) is 0 Å². The van der Waals surface area contributed by atoms with Crippen LogP contribution < -0.4 is 0 Å². The Bertz CT molecular complexity index is 80.1. The van der Waals surface area contributed by atoms with Crippen LogP contribution >= 0.6 is 7.82 Å². The van der Waals surface area contributed by atoms with E-state index in [4.69, 9.17) is 9.79 Å². The third-order valence-corrected chi connectivity index (χ3v) is 0.714. The first-order valence-electron chi connectivity index (χ1n) is 1.17. The fraction of sp³-hybridized carbons (Fsp3) is 1.00. The van der Waals surface area contributed by atoms with Gasteiger partial charge in [-0.2, -0.15) is 0 Å². The Morgan fingerprint density at radius 1 is 1.50 bits per heavy atom. The quantitative estimate of drug-likeness (QED) is 0.480. The van der Waals surface area contributed by atoms with Gasteiger partial charge in [-0.25, -0.2) is 4.57 Å². The molecule has 0 unspecified atom stereocenters. The fourth-order valence-corrected chi connectivity index (χ4v) is 0. The van der Waals surface area contributed by atoms with Crippen LogP contribution in [0.2, 0.25) is 0 Å². The van der Waals surface area contributed by atoms with Gasteiger partial charge in [-0.3, -0.25) is 4.52 Å². The smallest absolute Gasteiger partial charge is 0.303 e. The van der Waals surface area contributed by atoms with Crippen LogP contribution in [0.15, 0.2) is 0 Å². The molecule has 0 amide bonds. The summed E-state index contributed by atoms with van der Waals surface area (Å²) >= 11 is 0. The summed E-state index contributed by atoms with van der Waals surface area (Å²) in [5.74, 6) is 0. The molecule has 0 spiro atoms. The summed E-state index contributed by atoms with van der Waals surface area (Å²) in [6, 6.07) is 0. The zero-order valence-electron chi connectivity index (χ0n) is 3.81. The molecule has 1 radical (unpaired) electrons. The van der Waals surface area contributed by atoms with Gasteiger partial charge in [-0.05, 0) is 0 Å². The second kappa shape index (κ2) is 6.23. The summed E-state index contributed by atoms with van der Waals surface area (Å²) in [5.41, 5.74) is 0. The number of hydrogen-bond acceptors (Lipinski definition) is 2. The van der Waals surface area contributed by atoms with Gasteiger partial charge in [-0.1, -0.05) is 0 Å². The monoisotopic (exact) mass is 229 g/mol. The number of hydrogen-bond donors (Lipinski definition) is 2. The van der Waals surface area contributed by atoms with Gasteiger partial charge >= 0.3 is 7.82 Å². The van der Waals surface area contributed by atoms with E-state index in [-0.39, 0.29) is 33.3 Å². The number of rotatable bonds is 1. The summed E-state index contributed by atoms with van der Waals surface area (Å²) in [4.78, 5) is 15.4. The van der Waals surface area contributed by atoms with E-state index in [1.165, 1.54) is 0 Å². The molecule has 0 aliphatic rings. The van der Waals surface area contributed by atoms with Crippen molar-refractivity contribution in [3.8, 4) is 0 Å². The molecule has 0 aromatic rings. The van der Waals surface area contributed by atoms with Crippen molar-refractivity contribution in [1.29, 1.82) is 0 Å². The third-order valence-electron chi connectivity index (χ3n) is 0.238. The maximum absolute atomic E-state index is 9.47. The topological polar surface area (TPSA) is 66.8 Å². The Kier molecular flexibility index (Phi) is 12.5. The van der Waals surface area contributed by atoms with Gasteiger partial charge in [0, 0.05) is 40.4 Å². The Morgan fingerprint density at radius 2 is 1.62 bits per heavy atom. The third kappa shape index (κ3) is 15.7. The zero-order chi connectivity index (χ0) is 5.21. The number of phosphoric acid groups is 1. The summed E-state index contributed by atoms with van der Waals surface area (Å²) < 4.78 is 13.1. The standard InChI is InChI=1S/CH5O4P.Co.Ni/c1-5-6(2,3)4;;/h1H3,(H2,2,3,4);;. The average Bonchev–Trinajstić information content (AvgIpc) is 1.35. The minimum absolute atomic E-state index is 0. The van der Waals surface area contributed by atoms with E-state index in [9.17, 15) is 4.57 Å². The molecular formula is CH5CoNiO4P. The Morgan fingerprint density at radius 3 is 1.62 bits per heavy atom. The van der Waals surface area contributed by atoms with Crippen molar-refractivity contribution in [1.82, 2.24) is 0 Å². The first kappa shape index (κ1) is 16.1. The predicted octanol–water partition coefficient (Wildman–Crippen LogP) is -0.280. The molecule has 0 aromatic carbocycles. The van der Waals surface area contributed by atoms with Crippen molar-refractivity contribution in [2.24, 2.45) is 0 Å². The predicted molar refractivity (Wildman–Crippen MR) is 19.1 cm³/mol. The minimum atomic E-state index is -4.15. The molecule has 4 nitrogen and oxygen atoms in total. The molecule has 0 atom stereocenters. The van der Waals surface area contributed by atoms with Gasteiger partial charge in [0.1, 0.15) is 0 Å². The molecule has 0 rings (SSSR count). The van der Waals surface area contributed by atoms with E-state index >= 15 is 0 Å². The summed E-state index contributed by atoms with van der Waals surface area (Å²) in [6.07, 6.45) is 0. The van der Waals surface area contributed by atoms with Gasteiger partial charge in [-0.15, -0.1) is 0 Å². The van der Waals surface area contributed by atoms with Crippen LogP contribution in [0.1, 0.15) is 0 Å². The second-order valence-corrected chi connectivity index (χ2v) is 2.02.